The van der Waals surface area contributed by atoms with Crippen LogP contribution in [0.3, 0.4) is 0 Å². The van der Waals surface area contributed by atoms with Crippen molar-refractivity contribution in [2.75, 3.05) is 11.9 Å². The molecular formula is C20H27N3O3. The highest BCUT2D eigenvalue weighted by Crippen LogP contribution is 2.16. The van der Waals surface area contributed by atoms with Gasteiger partial charge in [-0.2, -0.15) is 5.10 Å². The molecule has 6 nitrogen and oxygen atoms in total. The number of nitrogens with zero attached hydrogens (tertiary/aromatic N) is 2. The van der Waals surface area contributed by atoms with Crippen LogP contribution in [-0.4, -0.2) is 28.3 Å². The van der Waals surface area contributed by atoms with Gasteiger partial charge in [0.2, 0.25) is 0 Å². The fraction of sp³-hybridized carbons (Fsp3) is 0.450. The van der Waals surface area contributed by atoms with Gasteiger partial charge >= 0.3 is 5.97 Å². The minimum absolute atomic E-state index is 0.119. The summed E-state index contributed by atoms with van der Waals surface area (Å²) in [6.07, 6.45) is 0.119. The molecular weight excluding hydrogens is 330 g/mol. The first-order valence-electron chi connectivity index (χ1n) is 8.81. The first-order valence-corrected chi connectivity index (χ1v) is 8.81. The normalized spacial score (nSPS) is 10.8. The van der Waals surface area contributed by atoms with Gasteiger partial charge in [0.25, 0.3) is 5.91 Å². The van der Waals surface area contributed by atoms with Gasteiger partial charge in [-0.3, -0.25) is 14.3 Å². The summed E-state index contributed by atoms with van der Waals surface area (Å²) in [5.74, 6) is -0.316. The molecule has 1 amide bonds. The van der Waals surface area contributed by atoms with Crippen molar-refractivity contribution in [3.05, 3.63) is 46.8 Å². The zero-order valence-electron chi connectivity index (χ0n) is 16.1. The molecule has 1 aromatic heterocycles. The predicted molar refractivity (Wildman–Crippen MR) is 101 cm³/mol. The number of carbonyl (C=O) groups excluding carboxylic acids is 2. The van der Waals surface area contributed by atoms with E-state index in [1.807, 2.05) is 49.7 Å². The number of esters is 1. The van der Waals surface area contributed by atoms with Crippen molar-refractivity contribution >= 4 is 17.6 Å². The van der Waals surface area contributed by atoms with Crippen LogP contribution < -0.4 is 5.32 Å². The number of nitrogens with one attached hydrogen (secondary N) is 1. The quantitative estimate of drug-likeness (QED) is 0.773. The number of hydrogen-bond donors (Lipinski definition) is 1. The van der Waals surface area contributed by atoms with Crippen LogP contribution in [0.25, 0.3) is 0 Å². The van der Waals surface area contributed by atoms with Crippen LogP contribution in [0.1, 0.15) is 36.4 Å². The third kappa shape index (κ3) is 5.44. The molecule has 0 saturated carbocycles. The van der Waals surface area contributed by atoms with Gasteiger partial charge < -0.3 is 10.1 Å². The van der Waals surface area contributed by atoms with E-state index in [9.17, 15) is 9.59 Å². The maximum atomic E-state index is 12.1. The Morgan fingerprint density at radius 2 is 1.81 bits per heavy atom. The number of hydrogen-bond acceptors (Lipinski definition) is 4. The van der Waals surface area contributed by atoms with E-state index in [1.165, 1.54) is 0 Å². The van der Waals surface area contributed by atoms with Crippen molar-refractivity contribution in [3.8, 4) is 0 Å². The molecule has 0 bridgehead atoms. The van der Waals surface area contributed by atoms with E-state index in [2.05, 4.69) is 24.3 Å². The summed E-state index contributed by atoms with van der Waals surface area (Å²) in [4.78, 5) is 24.0. The maximum Gasteiger partial charge on any atom is 0.310 e. The highest BCUT2D eigenvalue weighted by Gasteiger charge is 2.17. The molecule has 140 valence electrons. The van der Waals surface area contributed by atoms with E-state index in [0.717, 1.165) is 29.1 Å². The highest BCUT2D eigenvalue weighted by atomic mass is 16.5. The lowest BCUT2D eigenvalue weighted by molar-refractivity contribution is -0.146. The second-order valence-electron chi connectivity index (χ2n) is 6.98. The Labute approximate surface area is 154 Å². The lowest BCUT2D eigenvalue weighted by Crippen LogP contribution is -2.21. The van der Waals surface area contributed by atoms with Crippen LogP contribution in [0.4, 0.5) is 5.69 Å². The standard InChI is InChI=1S/C20H27N3O3/c1-13(2)11-23-16(5)18(15(4)22-23)10-20(25)26-12-19(24)21-17-8-6-14(3)7-9-17/h6-9,13H,10-12H2,1-5H3,(H,21,24). The molecule has 0 aliphatic carbocycles. The first-order chi connectivity index (χ1) is 12.3. The van der Waals surface area contributed by atoms with Crippen LogP contribution in [0.15, 0.2) is 24.3 Å². The summed E-state index contributed by atoms with van der Waals surface area (Å²) in [5.41, 5.74) is 4.45. The smallest absolute Gasteiger partial charge is 0.310 e. The van der Waals surface area contributed by atoms with Crippen LogP contribution in [-0.2, 0) is 27.3 Å². The molecule has 0 aliphatic heterocycles. The molecule has 6 heteroatoms. The van der Waals surface area contributed by atoms with Crippen LogP contribution >= 0.6 is 0 Å². The number of ether oxygens (including phenoxy) is 1. The van der Waals surface area contributed by atoms with Crippen molar-refractivity contribution in [2.24, 2.45) is 5.92 Å². The zero-order chi connectivity index (χ0) is 19.3. The Morgan fingerprint density at radius 1 is 1.15 bits per heavy atom. The highest BCUT2D eigenvalue weighted by molar-refractivity contribution is 5.92. The van der Waals surface area contributed by atoms with Gasteiger partial charge in [-0.15, -0.1) is 0 Å². The zero-order valence-corrected chi connectivity index (χ0v) is 16.1. The summed E-state index contributed by atoms with van der Waals surface area (Å²) in [6, 6.07) is 7.43. The van der Waals surface area contributed by atoms with Crippen molar-refractivity contribution in [1.29, 1.82) is 0 Å². The van der Waals surface area contributed by atoms with Gasteiger partial charge in [-0.25, -0.2) is 0 Å². The molecule has 0 fully saturated rings. The minimum Gasteiger partial charge on any atom is -0.455 e. The minimum atomic E-state index is -0.431. The second kappa shape index (κ2) is 8.65. The summed E-state index contributed by atoms with van der Waals surface area (Å²) in [7, 11) is 0. The molecule has 0 saturated heterocycles. The van der Waals surface area contributed by atoms with Crippen molar-refractivity contribution in [2.45, 2.75) is 47.6 Å². The lowest BCUT2D eigenvalue weighted by atomic mass is 10.1. The molecule has 26 heavy (non-hydrogen) atoms. The van der Waals surface area contributed by atoms with E-state index in [-0.39, 0.29) is 18.9 Å². The molecule has 2 aromatic rings. The van der Waals surface area contributed by atoms with E-state index in [4.69, 9.17) is 4.74 Å². The van der Waals surface area contributed by atoms with Gasteiger partial charge in [0.05, 0.1) is 12.1 Å². The SMILES string of the molecule is Cc1ccc(NC(=O)COC(=O)Cc2c(C)nn(CC(C)C)c2C)cc1. The summed E-state index contributed by atoms with van der Waals surface area (Å²) in [5, 5.41) is 7.20. The maximum absolute atomic E-state index is 12.1. The van der Waals surface area contributed by atoms with Crippen LogP contribution in [0, 0.1) is 26.7 Å². The Balaban J connectivity index is 1.87. The summed E-state index contributed by atoms with van der Waals surface area (Å²) in [6.45, 7) is 10.6. The Morgan fingerprint density at radius 3 is 2.42 bits per heavy atom. The van der Waals surface area contributed by atoms with Gasteiger partial charge in [0.1, 0.15) is 0 Å². The molecule has 1 N–H and O–H groups in total. The average molecular weight is 357 g/mol. The number of amides is 1. The molecule has 0 spiro atoms. The molecule has 0 radical (unpaired) electrons. The molecule has 0 atom stereocenters. The third-order valence-electron chi connectivity index (χ3n) is 4.09. The Hall–Kier alpha value is -2.63. The Bertz CT molecular complexity index is 776. The van der Waals surface area contributed by atoms with E-state index < -0.39 is 5.97 Å². The van der Waals surface area contributed by atoms with Crippen molar-refractivity contribution in [3.63, 3.8) is 0 Å². The number of benzene rings is 1. The van der Waals surface area contributed by atoms with Gasteiger partial charge in [-0.1, -0.05) is 31.5 Å². The lowest BCUT2D eigenvalue weighted by Gasteiger charge is -2.09. The first kappa shape index (κ1) is 19.7. The van der Waals surface area contributed by atoms with E-state index in [1.54, 1.807) is 0 Å². The number of anilines is 1. The molecule has 0 unspecified atom stereocenters. The summed E-state index contributed by atoms with van der Waals surface area (Å²) >= 11 is 0. The average Bonchev–Trinajstić information content (AvgIpc) is 2.82. The molecule has 0 aliphatic rings. The largest absolute Gasteiger partial charge is 0.455 e. The molecule has 1 heterocycles. The monoisotopic (exact) mass is 357 g/mol. The summed E-state index contributed by atoms with van der Waals surface area (Å²) < 4.78 is 7.04. The fourth-order valence-electron chi connectivity index (χ4n) is 2.69. The number of carbonyl (C=O) groups is 2. The van der Waals surface area contributed by atoms with E-state index in [0.29, 0.717) is 11.6 Å². The van der Waals surface area contributed by atoms with Crippen LogP contribution in [0.5, 0.6) is 0 Å². The Kier molecular flexibility index (Phi) is 6.55. The van der Waals surface area contributed by atoms with Gasteiger partial charge in [0.15, 0.2) is 6.61 Å². The molecule has 1 aromatic carbocycles. The number of aromatic nitrogens is 2. The van der Waals surface area contributed by atoms with Crippen molar-refractivity contribution in [1.82, 2.24) is 9.78 Å². The van der Waals surface area contributed by atoms with Gasteiger partial charge in [-0.05, 0) is 38.8 Å². The van der Waals surface area contributed by atoms with E-state index >= 15 is 0 Å². The number of rotatable bonds is 7. The van der Waals surface area contributed by atoms with Crippen LogP contribution in [0.2, 0.25) is 0 Å². The fourth-order valence-corrected chi connectivity index (χ4v) is 2.69. The topological polar surface area (TPSA) is 73.2 Å². The van der Waals surface area contributed by atoms with Crippen molar-refractivity contribution < 1.29 is 14.3 Å². The predicted octanol–water partition coefficient (Wildman–Crippen LogP) is 3.19. The van der Waals surface area contributed by atoms with Gasteiger partial charge in [0, 0.05) is 23.5 Å². The second-order valence-corrected chi connectivity index (χ2v) is 6.98. The number of aryl methyl sites for hydroxylation is 2. The molecule has 2 rings (SSSR count). The third-order valence-corrected chi connectivity index (χ3v) is 4.09.